The molecule has 252 valence electrons. The van der Waals surface area contributed by atoms with Crippen molar-refractivity contribution in [2.45, 2.75) is 56.8 Å². The topological polar surface area (TPSA) is 99.6 Å². The van der Waals surface area contributed by atoms with Crippen LogP contribution in [0.1, 0.15) is 39.0 Å². The average Bonchev–Trinajstić information content (AvgIpc) is 3.75. The van der Waals surface area contributed by atoms with Crippen molar-refractivity contribution in [1.29, 1.82) is 0 Å². The van der Waals surface area contributed by atoms with Crippen molar-refractivity contribution in [1.82, 2.24) is 4.90 Å². The minimum atomic E-state index is -1.13. The molecule has 3 aromatic rings. The van der Waals surface area contributed by atoms with Crippen molar-refractivity contribution in [2.24, 2.45) is 11.8 Å². The standard InChI is InChI=1S/C39H45N3O6/c1-4-22-40(29-16-18-31(19-17-29)47-6-3)36(44)33-32-20-21-39(48-32)34(33)37(45)42(24-10-7-11-25-43)35(39)38(46)41(23-5-2)30-15-14-27-12-8-9-13-28(27)26-30/h4-5,8-9,12-19,26,32-35,43H,1-2,6-7,10-11,20-25H2,3H3/t32-,33+,34+,35?,39?/m1/s1. The molecule has 3 heterocycles. The molecule has 3 fully saturated rings. The van der Waals surface area contributed by atoms with Gasteiger partial charge in [0.05, 0.1) is 24.5 Å². The Morgan fingerprint density at radius 3 is 2.33 bits per heavy atom. The number of anilines is 2. The molecule has 0 saturated carbocycles. The van der Waals surface area contributed by atoms with Crippen molar-refractivity contribution < 1.29 is 29.0 Å². The predicted octanol–water partition coefficient (Wildman–Crippen LogP) is 5.51. The van der Waals surface area contributed by atoms with Crippen molar-refractivity contribution in [3.05, 3.63) is 92.0 Å². The van der Waals surface area contributed by atoms with Crippen LogP contribution < -0.4 is 14.5 Å². The summed E-state index contributed by atoms with van der Waals surface area (Å²) < 4.78 is 12.4. The first kappa shape index (κ1) is 33.4. The minimum absolute atomic E-state index is 0.0595. The van der Waals surface area contributed by atoms with E-state index >= 15 is 0 Å². The lowest BCUT2D eigenvalue weighted by atomic mass is 9.70. The maximum Gasteiger partial charge on any atom is 0.253 e. The number of carbonyl (C=O) groups excluding carboxylic acids is 3. The van der Waals surface area contributed by atoms with Gasteiger partial charge in [-0.05, 0) is 86.2 Å². The fourth-order valence-corrected chi connectivity index (χ4v) is 7.99. The van der Waals surface area contributed by atoms with Gasteiger partial charge >= 0.3 is 0 Å². The van der Waals surface area contributed by atoms with Crippen LogP contribution in [0.3, 0.4) is 0 Å². The van der Waals surface area contributed by atoms with Crippen LogP contribution in [0.4, 0.5) is 11.4 Å². The summed E-state index contributed by atoms with van der Waals surface area (Å²) in [4.78, 5) is 49.0. The van der Waals surface area contributed by atoms with Crippen molar-refractivity contribution in [3.8, 4) is 5.75 Å². The second-order valence-corrected chi connectivity index (χ2v) is 12.8. The number of ether oxygens (including phenoxy) is 2. The van der Waals surface area contributed by atoms with Gasteiger partial charge in [0.25, 0.3) is 5.91 Å². The summed E-state index contributed by atoms with van der Waals surface area (Å²) in [6.07, 6.45) is 5.88. The van der Waals surface area contributed by atoms with Crippen LogP contribution in [0.15, 0.2) is 92.0 Å². The normalized spacial score (nSPS) is 24.0. The highest BCUT2D eigenvalue weighted by atomic mass is 16.5. The molecule has 6 rings (SSSR count). The number of nitrogens with zero attached hydrogens (tertiary/aromatic N) is 3. The van der Waals surface area contributed by atoms with E-state index in [0.29, 0.717) is 62.4 Å². The lowest BCUT2D eigenvalue weighted by Crippen LogP contribution is -2.56. The Kier molecular flexibility index (Phi) is 9.99. The number of aliphatic hydroxyl groups excluding tert-OH is 1. The number of hydrogen-bond acceptors (Lipinski definition) is 6. The van der Waals surface area contributed by atoms with Crippen LogP contribution in [0.25, 0.3) is 10.8 Å². The quantitative estimate of drug-likeness (QED) is 0.172. The first-order valence-corrected chi connectivity index (χ1v) is 17.0. The summed E-state index contributed by atoms with van der Waals surface area (Å²) in [6.45, 7) is 11.2. The lowest BCUT2D eigenvalue weighted by molar-refractivity contribution is -0.140. The van der Waals surface area contributed by atoms with E-state index in [0.717, 1.165) is 10.8 Å². The number of carbonyl (C=O) groups is 3. The first-order chi connectivity index (χ1) is 23.4. The Morgan fingerprint density at radius 2 is 1.65 bits per heavy atom. The molecule has 1 spiro atoms. The Bertz CT molecular complexity index is 1670. The summed E-state index contributed by atoms with van der Waals surface area (Å²) in [5, 5.41) is 11.5. The van der Waals surface area contributed by atoms with Crippen LogP contribution in [0.5, 0.6) is 5.75 Å². The monoisotopic (exact) mass is 651 g/mol. The number of fused-ring (bicyclic) bond motifs is 2. The molecule has 9 heteroatoms. The van der Waals surface area contributed by atoms with Gasteiger partial charge in [-0.2, -0.15) is 0 Å². The molecule has 0 aromatic heterocycles. The van der Waals surface area contributed by atoms with Crippen molar-refractivity contribution in [2.75, 3.05) is 42.6 Å². The van der Waals surface area contributed by atoms with Gasteiger partial charge in [-0.1, -0.05) is 42.5 Å². The van der Waals surface area contributed by atoms with E-state index in [1.54, 1.807) is 26.9 Å². The fourth-order valence-electron chi connectivity index (χ4n) is 7.99. The Balaban J connectivity index is 1.37. The van der Waals surface area contributed by atoms with Crippen LogP contribution >= 0.6 is 0 Å². The molecule has 5 atom stereocenters. The summed E-state index contributed by atoms with van der Waals surface area (Å²) in [5.41, 5.74) is 0.247. The number of likely N-dealkylation sites (tertiary alicyclic amines) is 1. The van der Waals surface area contributed by atoms with E-state index in [2.05, 4.69) is 13.2 Å². The van der Waals surface area contributed by atoms with Gasteiger partial charge in [-0.3, -0.25) is 14.4 Å². The van der Waals surface area contributed by atoms with Crippen LogP contribution in [-0.4, -0.2) is 78.3 Å². The van der Waals surface area contributed by atoms with Gasteiger partial charge in [0.2, 0.25) is 11.8 Å². The summed E-state index contributed by atoms with van der Waals surface area (Å²) in [7, 11) is 0. The number of rotatable bonds is 15. The maximum absolute atomic E-state index is 14.9. The van der Waals surface area contributed by atoms with Gasteiger partial charge in [0, 0.05) is 37.6 Å². The van der Waals surface area contributed by atoms with E-state index in [-0.39, 0.29) is 37.4 Å². The second kappa shape index (κ2) is 14.3. The number of benzene rings is 3. The smallest absolute Gasteiger partial charge is 0.253 e. The zero-order chi connectivity index (χ0) is 33.8. The third-order valence-electron chi connectivity index (χ3n) is 10.0. The molecular weight excluding hydrogens is 606 g/mol. The second-order valence-electron chi connectivity index (χ2n) is 12.8. The van der Waals surface area contributed by atoms with Crippen LogP contribution in [0, 0.1) is 11.8 Å². The summed E-state index contributed by atoms with van der Waals surface area (Å²) >= 11 is 0. The molecule has 3 aromatic carbocycles. The molecule has 0 aliphatic carbocycles. The third-order valence-corrected chi connectivity index (χ3v) is 10.0. The zero-order valence-corrected chi connectivity index (χ0v) is 27.6. The zero-order valence-electron chi connectivity index (χ0n) is 27.6. The van der Waals surface area contributed by atoms with E-state index in [9.17, 15) is 19.5 Å². The highest BCUT2D eigenvalue weighted by Gasteiger charge is 2.75. The lowest BCUT2D eigenvalue weighted by Gasteiger charge is -2.37. The summed E-state index contributed by atoms with van der Waals surface area (Å²) in [5.74, 6) is -1.52. The SMILES string of the molecule is C=CCN(C(=O)C1N(CCCCCO)C(=O)[C@@H]2[C@@H](C(=O)N(CC=C)c3ccc(OCC)cc3)[C@H]3CCC12O3)c1ccc2ccccc2c1. The number of unbranched alkanes of at least 4 members (excludes halogenated alkanes) is 2. The van der Waals surface area contributed by atoms with Crippen LogP contribution in [0.2, 0.25) is 0 Å². The summed E-state index contributed by atoms with van der Waals surface area (Å²) in [6, 6.07) is 20.3. The molecule has 9 nitrogen and oxygen atoms in total. The maximum atomic E-state index is 14.9. The van der Waals surface area contributed by atoms with Gasteiger partial charge in [-0.15, -0.1) is 13.2 Å². The van der Waals surface area contributed by atoms with Crippen molar-refractivity contribution in [3.63, 3.8) is 0 Å². The molecule has 48 heavy (non-hydrogen) atoms. The third kappa shape index (κ3) is 5.90. The van der Waals surface area contributed by atoms with E-state index in [1.807, 2.05) is 73.7 Å². The minimum Gasteiger partial charge on any atom is -0.494 e. The van der Waals surface area contributed by atoms with Gasteiger partial charge in [0.1, 0.15) is 17.4 Å². The highest BCUT2D eigenvalue weighted by molar-refractivity contribution is 6.07. The average molecular weight is 652 g/mol. The molecule has 3 aliphatic heterocycles. The molecule has 1 N–H and O–H groups in total. The molecule has 0 radical (unpaired) electrons. The van der Waals surface area contributed by atoms with E-state index in [4.69, 9.17) is 9.47 Å². The molecule has 3 amide bonds. The molecule has 2 unspecified atom stereocenters. The van der Waals surface area contributed by atoms with E-state index < -0.39 is 29.6 Å². The van der Waals surface area contributed by atoms with Crippen LogP contribution in [-0.2, 0) is 19.1 Å². The Labute approximate surface area is 282 Å². The molecule has 3 saturated heterocycles. The largest absolute Gasteiger partial charge is 0.494 e. The number of hydrogen-bond donors (Lipinski definition) is 1. The van der Waals surface area contributed by atoms with Crippen molar-refractivity contribution >= 4 is 39.9 Å². The first-order valence-electron chi connectivity index (χ1n) is 17.0. The Morgan fingerprint density at radius 1 is 0.958 bits per heavy atom. The predicted molar refractivity (Wildman–Crippen MR) is 187 cm³/mol. The van der Waals surface area contributed by atoms with Gasteiger partial charge in [0.15, 0.2) is 0 Å². The highest BCUT2D eigenvalue weighted by Crippen LogP contribution is 2.59. The molecule has 2 bridgehead atoms. The van der Waals surface area contributed by atoms with Gasteiger partial charge < -0.3 is 29.3 Å². The molecule has 3 aliphatic rings. The number of aliphatic hydroxyl groups is 1. The van der Waals surface area contributed by atoms with E-state index in [1.165, 1.54) is 0 Å². The number of amides is 3. The Hall–Kier alpha value is -4.47. The molecular formula is C39H45N3O6. The van der Waals surface area contributed by atoms with Gasteiger partial charge in [-0.25, -0.2) is 0 Å². The fraction of sp³-hybridized carbons (Fsp3) is 0.410.